The zero-order valence-electron chi connectivity index (χ0n) is 14.7. The molecule has 20 heavy (non-hydrogen) atoms. The van der Waals surface area contributed by atoms with E-state index in [0.717, 1.165) is 16.7 Å². The highest BCUT2D eigenvalue weighted by atomic mass is 14.1. The molecule has 0 heteroatoms. The molecule has 1 rings (SSSR count). The largest absolute Gasteiger partial charge is 0.115 e. The predicted molar refractivity (Wildman–Crippen MR) is 97.9 cm³/mol. The van der Waals surface area contributed by atoms with Gasteiger partial charge >= 0.3 is 0 Å². The third kappa shape index (κ3) is 7.00. The van der Waals surface area contributed by atoms with Gasteiger partial charge in [0.1, 0.15) is 0 Å². The maximum Gasteiger partial charge on any atom is 0.0251 e. The first-order valence-corrected chi connectivity index (χ1v) is 7.50. The molecule has 0 bridgehead atoms. The molecule has 0 aromatic heterocycles. The molecule has 0 fully saturated rings. The predicted octanol–water partition coefficient (Wildman–Crippen LogP) is 6.67. The highest BCUT2D eigenvalue weighted by molar-refractivity contribution is 5.83. The van der Waals surface area contributed by atoms with E-state index in [1.54, 1.807) is 0 Å². The van der Waals surface area contributed by atoms with Crippen LogP contribution in [-0.4, -0.2) is 0 Å². The molecule has 0 saturated heterocycles. The number of benzene rings is 1. The Bertz CT molecular complexity index is 428. The van der Waals surface area contributed by atoms with Crippen LogP contribution in [0.3, 0.4) is 0 Å². The first-order valence-electron chi connectivity index (χ1n) is 7.50. The summed E-state index contributed by atoms with van der Waals surface area (Å²) in [5.74, 6) is 2.58. The third-order valence-corrected chi connectivity index (χ3v) is 2.46. The van der Waals surface area contributed by atoms with E-state index >= 15 is 0 Å². The fraction of sp³-hybridized carbons (Fsp3) is 0.400. The smallest absolute Gasteiger partial charge is 0.0251 e. The second-order valence-corrected chi connectivity index (χ2v) is 3.30. The standard InChI is InChI=1S/C14H14.3C2H6/c1-6-10(3)14-12(5)11(4)8-9-13(14)7-2;3*1-2/h1,7-9H,2-3H2,4-5H3;3*1-2H3. The highest BCUT2D eigenvalue weighted by Gasteiger charge is 2.07. The minimum absolute atomic E-state index is 0.723. The normalized spacial score (nSPS) is 7.35. The number of rotatable bonds is 2. The fourth-order valence-corrected chi connectivity index (χ4v) is 1.48. The molecule has 1 aromatic carbocycles. The molecule has 0 unspecified atom stereocenters. The van der Waals surface area contributed by atoms with Gasteiger partial charge in [-0.1, -0.05) is 78.8 Å². The minimum Gasteiger partial charge on any atom is -0.115 e. The van der Waals surface area contributed by atoms with Crippen molar-refractivity contribution >= 4 is 11.6 Å². The van der Waals surface area contributed by atoms with Gasteiger partial charge in [0.2, 0.25) is 0 Å². The maximum absolute atomic E-state index is 5.36. The van der Waals surface area contributed by atoms with E-state index in [1.165, 1.54) is 11.1 Å². The first kappa shape index (κ1) is 23.4. The van der Waals surface area contributed by atoms with Crippen molar-refractivity contribution < 1.29 is 0 Å². The second kappa shape index (κ2) is 15.3. The van der Waals surface area contributed by atoms with Gasteiger partial charge in [-0.15, -0.1) is 6.42 Å². The monoisotopic (exact) mass is 272 g/mol. The maximum atomic E-state index is 5.36. The summed E-state index contributed by atoms with van der Waals surface area (Å²) < 4.78 is 0. The van der Waals surface area contributed by atoms with Crippen molar-refractivity contribution in [3.63, 3.8) is 0 Å². The summed E-state index contributed by atoms with van der Waals surface area (Å²) in [5, 5.41) is 0. The Kier molecular flexibility index (Phi) is 17.9. The van der Waals surface area contributed by atoms with Crippen LogP contribution in [0.25, 0.3) is 11.6 Å². The number of terminal acetylenes is 1. The first-order chi connectivity index (χ1) is 9.61. The summed E-state index contributed by atoms with van der Waals surface area (Å²) in [7, 11) is 0. The summed E-state index contributed by atoms with van der Waals surface area (Å²) in [6.07, 6.45) is 7.17. The molecule has 0 nitrogen and oxygen atoms in total. The van der Waals surface area contributed by atoms with E-state index in [4.69, 9.17) is 6.42 Å². The van der Waals surface area contributed by atoms with E-state index in [0.29, 0.717) is 0 Å². The summed E-state index contributed by atoms with van der Waals surface area (Å²) >= 11 is 0. The molecule has 0 aliphatic heterocycles. The Morgan fingerprint density at radius 2 is 1.50 bits per heavy atom. The van der Waals surface area contributed by atoms with Crippen LogP contribution in [0.2, 0.25) is 0 Å². The van der Waals surface area contributed by atoms with Crippen LogP contribution in [0, 0.1) is 26.2 Å². The number of hydrogen-bond acceptors (Lipinski definition) is 0. The van der Waals surface area contributed by atoms with Crippen LogP contribution >= 0.6 is 0 Å². The zero-order valence-corrected chi connectivity index (χ0v) is 14.7. The average molecular weight is 272 g/mol. The Morgan fingerprint density at radius 1 is 1.05 bits per heavy atom. The van der Waals surface area contributed by atoms with Gasteiger partial charge in [0.15, 0.2) is 0 Å². The Labute approximate surface area is 127 Å². The molecular formula is C20H32. The molecule has 1 aromatic rings. The van der Waals surface area contributed by atoms with Crippen molar-refractivity contribution in [2.75, 3.05) is 0 Å². The van der Waals surface area contributed by atoms with Gasteiger partial charge in [0.05, 0.1) is 0 Å². The lowest BCUT2D eigenvalue weighted by Gasteiger charge is -2.11. The summed E-state index contributed by atoms with van der Waals surface area (Å²) in [5.41, 5.74) is 5.23. The van der Waals surface area contributed by atoms with Crippen LogP contribution in [0.15, 0.2) is 25.3 Å². The van der Waals surface area contributed by atoms with Gasteiger partial charge in [0, 0.05) is 5.57 Å². The van der Waals surface area contributed by atoms with Crippen LogP contribution in [0.1, 0.15) is 63.8 Å². The van der Waals surface area contributed by atoms with E-state index in [1.807, 2.05) is 53.7 Å². The molecular weight excluding hydrogens is 240 g/mol. The molecule has 0 atom stereocenters. The lowest BCUT2D eigenvalue weighted by atomic mass is 9.93. The van der Waals surface area contributed by atoms with Crippen LogP contribution in [0.5, 0.6) is 0 Å². The molecule has 0 N–H and O–H groups in total. The van der Waals surface area contributed by atoms with Crippen molar-refractivity contribution in [3.8, 4) is 12.3 Å². The van der Waals surface area contributed by atoms with E-state index < -0.39 is 0 Å². The van der Waals surface area contributed by atoms with Gasteiger partial charge in [0.25, 0.3) is 0 Å². The Morgan fingerprint density at radius 3 is 1.85 bits per heavy atom. The average Bonchev–Trinajstić information content (AvgIpc) is 2.54. The molecule has 0 aliphatic carbocycles. The minimum atomic E-state index is 0.723. The van der Waals surface area contributed by atoms with Gasteiger partial charge in [-0.2, -0.15) is 0 Å². The fourth-order valence-electron chi connectivity index (χ4n) is 1.48. The third-order valence-electron chi connectivity index (χ3n) is 2.46. The van der Waals surface area contributed by atoms with E-state index in [-0.39, 0.29) is 0 Å². The highest BCUT2D eigenvalue weighted by Crippen LogP contribution is 2.25. The van der Waals surface area contributed by atoms with Gasteiger partial charge in [-0.3, -0.25) is 0 Å². The molecule has 0 spiro atoms. The summed E-state index contributed by atoms with van der Waals surface area (Å²) in [6, 6.07) is 4.09. The summed E-state index contributed by atoms with van der Waals surface area (Å²) in [6.45, 7) is 23.8. The molecule has 0 amide bonds. The number of hydrogen-bond donors (Lipinski definition) is 0. The second-order valence-electron chi connectivity index (χ2n) is 3.30. The van der Waals surface area contributed by atoms with Gasteiger partial charge in [-0.25, -0.2) is 0 Å². The molecule has 0 saturated carbocycles. The van der Waals surface area contributed by atoms with Crippen molar-refractivity contribution in [1.29, 1.82) is 0 Å². The van der Waals surface area contributed by atoms with Crippen molar-refractivity contribution in [1.82, 2.24) is 0 Å². The SMILES string of the molecule is C#CC(=C)c1c(C=C)ccc(C)c1C.CC.CC.CC. The van der Waals surface area contributed by atoms with Crippen molar-refractivity contribution in [2.24, 2.45) is 0 Å². The van der Waals surface area contributed by atoms with Crippen molar-refractivity contribution in [3.05, 3.63) is 47.5 Å². The van der Waals surface area contributed by atoms with Gasteiger partial charge < -0.3 is 0 Å². The topological polar surface area (TPSA) is 0 Å². The molecule has 0 radical (unpaired) electrons. The summed E-state index contributed by atoms with van der Waals surface area (Å²) in [4.78, 5) is 0. The Balaban J connectivity index is -0.000000425. The van der Waals surface area contributed by atoms with Crippen LogP contribution in [-0.2, 0) is 0 Å². The molecule has 112 valence electrons. The molecule has 0 heterocycles. The lowest BCUT2D eigenvalue weighted by Crippen LogP contribution is -1.93. The van der Waals surface area contributed by atoms with Gasteiger partial charge in [-0.05, 0) is 36.1 Å². The van der Waals surface area contributed by atoms with E-state index in [2.05, 4.69) is 39.0 Å². The number of allylic oxidation sites excluding steroid dienone is 1. The van der Waals surface area contributed by atoms with Crippen LogP contribution in [0.4, 0.5) is 0 Å². The lowest BCUT2D eigenvalue weighted by molar-refractivity contribution is 1.31. The van der Waals surface area contributed by atoms with Crippen molar-refractivity contribution in [2.45, 2.75) is 55.4 Å². The quantitative estimate of drug-likeness (QED) is 0.527. The zero-order chi connectivity index (χ0) is 16.7. The Hall–Kier alpha value is -1.74. The van der Waals surface area contributed by atoms with E-state index in [9.17, 15) is 0 Å². The number of aryl methyl sites for hydroxylation is 1. The van der Waals surface area contributed by atoms with Crippen LogP contribution < -0.4 is 0 Å². The molecule has 0 aliphatic rings.